The SMILES string of the molecule is COc1ccc([Si](C)(C)[C@@H]2[C@@H](CC(=O)N(CCO)Cc3ccccc3)O[C@]3(C(=O)N(Cc4ccc(N5CCOC5=O)cc4)c4ccccc43)[C@H]2C)cc1. The Morgan fingerprint density at radius 1 is 0.943 bits per heavy atom. The van der Waals surface area contributed by atoms with Crippen molar-refractivity contribution in [2.75, 3.05) is 43.2 Å². The summed E-state index contributed by atoms with van der Waals surface area (Å²) in [5.74, 6) is 0.224. The van der Waals surface area contributed by atoms with Crippen molar-refractivity contribution in [3.63, 3.8) is 0 Å². The molecule has 10 nitrogen and oxygen atoms in total. The van der Waals surface area contributed by atoms with E-state index in [4.69, 9.17) is 14.2 Å². The molecular weight excluding hydrogens is 687 g/mol. The van der Waals surface area contributed by atoms with Gasteiger partial charge in [-0.2, -0.15) is 0 Å². The second-order valence-electron chi connectivity index (χ2n) is 14.7. The molecule has 4 aromatic rings. The van der Waals surface area contributed by atoms with Crippen LogP contribution in [0.1, 0.15) is 30.0 Å². The third kappa shape index (κ3) is 6.62. The fourth-order valence-electron chi connectivity index (χ4n) is 8.73. The highest BCUT2D eigenvalue weighted by Gasteiger charge is 2.66. The Kier molecular flexibility index (Phi) is 10.2. The van der Waals surface area contributed by atoms with Crippen molar-refractivity contribution in [1.29, 1.82) is 0 Å². The number of aliphatic hydroxyl groups excluding tert-OH is 1. The van der Waals surface area contributed by atoms with Crippen LogP contribution in [0.25, 0.3) is 0 Å². The summed E-state index contributed by atoms with van der Waals surface area (Å²) < 4.78 is 17.8. The molecule has 2 saturated heterocycles. The number of benzene rings is 4. The van der Waals surface area contributed by atoms with Crippen molar-refractivity contribution in [3.8, 4) is 5.75 Å². The molecule has 3 aliphatic heterocycles. The smallest absolute Gasteiger partial charge is 0.414 e. The Hall–Kier alpha value is -4.97. The maximum absolute atomic E-state index is 15.1. The number of anilines is 2. The van der Waals surface area contributed by atoms with E-state index in [0.29, 0.717) is 26.2 Å². The molecule has 4 atom stereocenters. The summed E-state index contributed by atoms with van der Waals surface area (Å²) in [5, 5.41) is 11.2. The number of nitrogens with zero attached hydrogens (tertiary/aromatic N) is 3. The van der Waals surface area contributed by atoms with E-state index in [-0.39, 0.29) is 48.9 Å². The summed E-state index contributed by atoms with van der Waals surface area (Å²) in [6.45, 7) is 8.28. The van der Waals surface area contributed by atoms with Crippen LogP contribution in [0.15, 0.2) is 103 Å². The lowest BCUT2D eigenvalue weighted by Crippen LogP contribution is -2.52. The number of para-hydroxylation sites is 1. The van der Waals surface area contributed by atoms with E-state index in [9.17, 15) is 14.7 Å². The number of hydrogen-bond donors (Lipinski definition) is 1. The zero-order valence-electron chi connectivity index (χ0n) is 30.7. The van der Waals surface area contributed by atoms with Crippen LogP contribution >= 0.6 is 0 Å². The first-order valence-corrected chi connectivity index (χ1v) is 21.4. The second-order valence-corrected chi connectivity index (χ2v) is 19.4. The number of carbonyl (C=O) groups excluding carboxylic acids is 3. The van der Waals surface area contributed by atoms with E-state index >= 15 is 4.79 Å². The predicted octanol–water partition coefficient (Wildman–Crippen LogP) is 5.83. The molecule has 4 aromatic carbocycles. The van der Waals surface area contributed by atoms with E-state index < -0.39 is 19.8 Å². The lowest BCUT2D eigenvalue weighted by molar-refractivity contribution is -0.150. The maximum Gasteiger partial charge on any atom is 0.414 e. The molecular formula is C42H47N3O7Si. The van der Waals surface area contributed by atoms with Gasteiger partial charge in [0, 0.05) is 30.3 Å². The quantitative estimate of drug-likeness (QED) is 0.183. The highest BCUT2D eigenvalue weighted by Crippen LogP contribution is 2.60. The minimum absolute atomic E-state index is 0.0754. The number of cyclic esters (lactones) is 1. The van der Waals surface area contributed by atoms with Gasteiger partial charge in [-0.3, -0.25) is 14.5 Å². The molecule has 276 valence electrons. The summed E-state index contributed by atoms with van der Waals surface area (Å²) in [6, 6.07) is 33.4. The standard InChI is InChI=1S/C42H47N3O7Si/c1-29-39(53(3,4)34-20-18-33(50-2)19-21-34)37(26-38(47)43(22-24-46)27-30-10-6-5-7-11-30)52-42(29)35-12-8-9-13-36(35)45(40(42)48)28-31-14-16-32(17-15-31)44-23-25-51-41(44)49/h5-21,29,37,39,46H,22-28H2,1-4H3/t29-,37+,39-,42+/m0/s1. The highest BCUT2D eigenvalue weighted by atomic mass is 28.3. The van der Waals surface area contributed by atoms with Crippen LogP contribution in [-0.2, 0) is 37.8 Å². The molecule has 1 spiro atoms. The van der Waals surface area contributed by atoms with Gasteiger partial charge in [-0.1, -0.05) is 98.0 Å². The topological polar surface area (TPSA) is 109 Å². The average Bonchev–Trinajstić information content (AvgIpc) is 3.81. The van der Waals surface area contributed by atoms with Crippen molar-refractivity contribution in [1.82, 2.24) is 4.90 Å². The summed E-state index contributed by atoms with van der Waals surface area (Å²) in [7, 11) is -0.833. The molecule has 0 unspecified atom stereocenters. The molecule has 3 heterocycles. The Morgan fingerprint density at radius 3 is 2.30 bits per heavy atom. The molecule has 7 rings (SSSR count). The minimum Gasteiger partial charge on any atom is -0.497 e. The van der Waals surface area contributed by atoms with E-state index in [2.05, 4.69) is 32.2 Å². The number of rotatable bonds is 12. The first-order chi connectivity index (χ1) is 25.6. The van der Waals surface area contributed by atoms with Gasteiger partial charge in [0.25, 0.3) is 5.91 Å². The van der Waals surface area contributed by atoms with E-state index in [1.807, 2.05) is 95.9 Å². The Bertz CT molecular complexity index is 1960. The van der Waals surface area contributed by atoms with Crippen molar-refractivity contribution < 1.29 is 33.7 Å². The normalized spacial score (nSPS) is 22.3. The van der Waals surface area contributed by atoms with Crippen molar-refractivity contribution in [2.45, 2.75) is 56.8 Å². The average molecular weight is 734 g/mol. The van der Waals surface area contributed by atoms with Gasteiger partial charge in [0.1, 0.15) is 12.4 Å². The number of ether oxygens (including phenoxy) is 3. The van der Waals surface area contributed by atoms with Crippen LogP contribution in [0, 0.1) is 5.92 Å². The Labute approximate surface area is 311 Å². The number of fused-ring (bicyclic) bond motifs is 2. The fraction of sp³-hybridized carbons (Fsp3) is 0.357. The monoisotopic (exact) mass is 733 g/mol. The lowest BCUT2D eigenvalue weighted by Gasteiger charge is -2.37. The zero-order valence-corrected chi connectivity index (χ0v) is 31.7. The number of carbonyl (C=O) groups is 3. The molecule has 3 aliphatic rings. The molecule has 3 amide bonds. The van der Waals surface area contributed by atoms with Gasteiger partial charge < -0.3 is 29.1 Å². The molecule has 53 heavy (non-hydrogen) atoms. The number of hydrogen-bond acceptors (Lipinski definition) is 7. The molecule has 0 aromatic heterocycles. The molecule has 0 aliphatic carbocycles. The number of methoxy groups -OCH3 is 1. The van der Waals surface area contributed by atoms with Crippen molar-refractivity contribution in [2.24, 2.45) is 5.92 Å². The first-order valence-electron chi connectivity index (χ1n) is 18.3. The van der Waals surface area contributed by atoms with Gasteiger partial charge in [0.05, 0.1) is 53.1 Å². The maximum atomic E-state index is 15.1. The van der Waals surface area contributed by atoms with Gasteiger partial charge in [0.2, 0.25) is 5.91 Å². The molecule has 0 bridgehead atoms. The minimum atomic E-state index is -2.48. The largest absolute Gasteiger partial charge is 0.497 e. The number of aliphatic hydroxyl groups is 1. The van der Waals surface area contributed by atoms with Gasteiger partial charge in [-0.15, -0.1) is 0 Å². The summed E-state index contributed by atoms with van der Waals surface area (Å²) in [5.41, 5.74) is 2.80. The third-order valence-electron chi connectivity index (χ3n) is 11.4. The second kappa shape index (κ2) is 14.8. The van der Waals surface area contributed by atoms with Crippen LogP contribution in [0.5, 0.6) is 5.75 Å². The van der Waals surface area contributed by atoms with E-state index in [1.54, 1.807) is 16.9 Å². The summed E-state index contributed by atoms with van der Waals surface area (Å²) in [6.07, 6.45) is -0.847. The summed E-state index contributed by atoms with van der Waals surface area (Å²) in [4.78, 5) is 46.7. The van der Waals surface area contributed by atoms with Crippen LogP contribution in [0.3, 0.4) is 0 Å². The lowest BCUT2D eigenvalue weighted by atomic mass is 9.82. The Morgan fingerprint density at radius 2 is 1.64 bits per heavy atom. The molecule has 0 radical (unpaired) electrons. The van der Waals surface area contributed by atoms with Gasteiger partial charge in [-0.05, 0) is 47.0 Å². The third-order valence-corrected chi connectivity index (χ3v) is 15.8. The summed E-state index contributed by atoms with van der Waals surface area (Å²) >= 11 is 0. The van der Waals surface area contributed by atoms with Gasteiger partial charge in [0.15, 0.2) is 5.60 Å². The Balaban J connectivity index is 1.24. The van der Waals surface area contributed by atoms with E-state index in [0.717, 1.165) is 33.8 Å². The van der Waals surface area contributed by atoms with Gasteiger partial charge >= 0.3 is 6.09 Å². The van der Waals surface area contributed by atoms with Crippen LogP contribution in [0.2, 0.25) is 18.6 Å². The fourth-order valence-corrected chi connectivity index (χ4v) is 12.7. The predicted molar refractivity (Wildman–Crippen MR) is 206 cm³/mol. The molecule has 2 fully saturated rings. The van der Waals surface area contributed by atoms with Crippen LogP contribution < -0.4 is 19.7 Å². The highest BCUT2D eigenvalue weighted by molar-refractivity contribution is 6.91. The van der Waals surface area contributed by atoms with Crippen LogP contribution in [-0.4, -0.2) is 75.5 Å². The molecule has 11 heteroatoms. The zero-order chi connectivity index (χ0) is 37.3. The molecule has 0 saturated carbocycles. The van der Waals surface area contributed by atoms with E-state index in [1.165, 1.54) is 5.19 Å². The first kappa shape index (κ1) is 36.4. The molecule has 1 N–H and O–H groups in total. The number of amides is 3. The van der Waals surface area contributed by atoms with Crippen molar-refractivity contribution in [3.05, 3.63) is 120 Å². The van der Waals surface area contributed by atoms with Crippen LogP contribution in [0.4, 0.5) is 16.2 Å². The van der Waals surface area contributed by atoms with Gasteiger partial charge in [-0.25, -0.2) is 4.79 Å². The van der Waals surface area contributed by atoms with Crippen molar-refractivity contribution >= 4 is 42.5 Å².